The topological polar surface area (TPSA) is 52.2 Å². The lowest BCUT2D eigenvalue weighted by molar-refractivity contribution is 0.0632. The largest absolute Gasteiger partial charge is 0.336 e. The molecule has 100 valence electrons. The van der Waals surface area contributed by atoms with Crippen molar-refractivity contribution in [3.63, 3.8) is 0 Å². The number of carbonyl (C=O) groups is 1. The van der Waals surface area contributed by atoms with Crippen LogP contribution in [0.5, 0.6) is 0 Å². The van der Waals surface area contributed by atoms with Gasteiger partial charge in [-0.25, -0.2) is 0 Å². The lowest BCUT2D eigenvalue weighted by Gasteiger charge is -2.34. The van der Waals surface area contributed by atoms with Crippen molar-refractivity contribution in [3.05, 3.63) is 18.0 Å². The fourth-order valence-electron chi connectivity index (χ4n) is 2.17. The molecule has 0 aromatic carbocycles. The number of carbonyl (C=O) groups excluding carboxylic acids is 1. The number of aromatic nitrogens is 2. The number of amides is 1. The Morgan fingerprint density at radius 2 is 2.11 bits per heavy atom. The minimum absolute atomic E-state index is 0.0901. The van der Waals surface area contributed by atoms with Crippen molar-refractivity contribution in [2.45, 2.75) is 20.3 Å². The second kappa shape index (κ2) is 6.00. The van der Waals surface area contributed by atoms with Gasteiger partial charge >= 0.3 is 0 Å². The third kappa shape index (κ3) is 3.32. The van der Waals surface area contributed by atoms with Gasteiger partial charge in [0, 0.05) is 32.4 Å². The summed E-state index contributed by atoms with van der Waals surface area (Å²) in [4.78, 5) is 16.4. The Morgan fingerprint density at radius 3 is 2.67 bits per heavy atom. The number of nitrogens with zero attached hydrogens (tertiary/aromatic N) is 3. The molecule has 0 aliphatic carbocycles. The molecule has 0 atom stereocenters. The van der Waals surface area contributed by atoms with Crippen LogP contribution in [0.2, 0.25) is 0 Å². The predicted molar refractivity (Wildman–Crippen MR) is 70.4 cm³/mol. The van der Waals surface area contributed by atoms with Crippen LogP contribution < -0.4 is 0 Å². The van der Waals surface area contributed by atoms with Gasteiger partial charge in [0.25, 0.3) is 5.91 Å². The molecule has 1 fully saturated rings. The Hall–Kier alpha value is -1.36. The maximum atomic E-state index is 12.1. The van der Waals surface area contributed by atoms with E-state index in [0.29, 0.717) is 5.56 Å². The molecule has 1 saturated heterocycles. The van der Waals surface area contributed by atoms with Crippen molar-refractivity contribution in [2.24, 2.45) is 5.92 Å². The van der Waals surface area contributed by atoms with Gasteiger partial charge in [0.2, 0.25) is 0 Å². The Labute approximate surface area is 108 Å². The van der Waals surface area contributed by atoms with E-state index in [4.69, 9.17) is 0 Å². The van der Waals surface area contributed by atoms with Crippen molar-refractivity contribution in [1.29, 1.82) is 0 Å². The predicted octanol–water partition coefficient (Wildman–Crippen LogP) is 1.21. The third-order valence-electron chi connectivity index (χ3n) is 3.43. The number of nitrogens with one attached hydrogen (secondary N) is 1. The van der Waals surface area contributed by atoms with Gasteiger partial charge in [-0.1, -0.05) is 13.8 Å². The number of H-pyrrole nitrogens is 1. The van der Waals surface area contributed by atoms with Crippen LogP contribution in [0.1, 0.15) is 30.6 Å². The summed E-state index contributed by atoms with van der Waals surface area (Å²) in [5, 5.41) is 6.50. The molecule has 2 rings (SSSR count). The van der Waals surface area contributed by atoms with Gasteiger partial charge in [0.15, 0.2) is 0 Å². The lowest BCUT2D eigenvalue weighted by atomic mass is 10.1. The summed E-state index contributed by atoms with van der Waals surface area (Å²) < 4.78 is 0. The molecule has 1 aliphatic heterocycles. The zero-order valence-corrected chi connectivity index (χ0v) is 11.2. The second-order valence-corrected chi connectivity index (χ2v) is 5.30. The summed E-state index contributed by atoms with van der Waals surface area (Å²) in [5.41, 5.74) is 0.658. The van der Waals surface area contributed by atoms with E-state index >= 15 is 0 Å². The second-order valence-electron chi connectivity index (χ2n) is 5.30. The van der Waals surface area contributed by atoms with Crippen LogP contribution in [0.4, 0.5) is 0 Å². The van der Waals surface area contributed by atoms with Crippen LogP contribution in [0, 0.1) is 5.92 Å². The van der Waals surface area contributed by atoms with Gasteiger partial charge in [-0.2, -0.15) is 5.10 Å². The molecule has 1 aliphatic rings. The molecule has 1 amide bonds. The Kier molecular flexibility index (Phi) is 4.36. The molecule has 1 aromatic rings. The van der Waals surface area contributed by atoms with E-state index in [-0.39, 0.29) is 5.91 Å². The first kappa shape index (κ1) is 13.1. The summed E-state index contributed by atoms with van der Waals surface area (Å²) in [7, 11) is 0. The zero-order chi connectivity index (χ0) is 13.0. The van der Waals surface area contributed by atoms with Crippen LogP contribution in [0.25, 0.3) is 0 Å². The van der Waals surface area contributed by atoms with E-state index in [2.05, 4.69) is 28.9 Å². The van der Waals surface area contributed by atoms with E-state index in [9.17, 15) is 4.79 Å². The quantitative estimate of drug-likeness (QED) is 0.874. The number of piperazine rings is 1. The highest BCUT2D eigenvalue weighted by Gasteiger charge is 2.22. The summed E-state index contributed by atoms with van der Waals surface area (Å²) in [6.07, 6.45) is 4.48. The molecule has 5 heteroatoms. The van der Waals surface area contributed by atoms with Crippen LogP contribution in [0.3, 0.4) is 0 Å². The molecule has 18 heavy (non-hydrogen) atoms. The maximum Gasteiger partial charge on any atom is 0.257 e. The maximum absolute atomic E-state index is 12.1. The highest BCUT2D eigenvalue weighted by molar-refractivity contribution is 5.93. The summed E-state index contributed by atoms with van der Waals surface area (Å²) >= 11 is 0. The van der Waals surface area contributed by atoms with Crippen LogP contribution in [0.15, 0.2) is 12.4 Å². The van der Waals surface area contributed by atoms with Crippen molar-refractivity contribution >= 4 is 5.91 Å². The number of hydrogen-bond donors (Lipinski definition) is 1. The van der Waals surface area contributed by atoms with Crippen LogP contribution in [-0.2, 0) is 0 Å². The SMILES string of the molecule is CC(C)CCN1CCN(C(=O)c2cn[nH]c2)CC1. The smallest absolute Gasteiger partial charge is 0.257 e. The molecule has 1 N–H and O–H groups in total. The number of aromatic amines is 1. The van der Waals surface area contributed by atoms with Gasteiger partial charge in [-0.05, 0) is 18.9 Å². The summed E-state index contributed by atoms with van der Waals surface area (Å²) in [6, 6.07) is 0. The Bertz CT molecular complexity index is 366. The zero-order valence-electron chi connectivity index (χ0n) is 11.2. The van der Waals surface area contributed by atoms with Gasteiger partial charge in [-0.3, -0.25) is 14.8 Å². The van der Waals surface area contributed by atoms with Crippen LogP contribution in [-0.4, -0.2) is 58.6 Å². The Morgan fingerprint density at radius 1 is 1.39 bits per heavy atom. The fraction of sp³-hybridized carbons (Fsp3) is 0.692. The van der Waals surface area contributed by atoms with Gasteiger partial charge in [0.1, 0.15) is 0 Å². The van der Waals surface area contributed by atoms with Crippen molar-refractivity contribution in [3.8, 4) is 0 Å². The minimum atomic E-state index is 0.0901. The van der Waals surface area contributed by atoms with E-state index in [1.54, 1.807) is 12.4 Å². The van der Waals surface area contributed by atoms with Gasteiger partial charge in [-0.15, -0.1) is 0 Å². The molecule has 0 radical (unpaired) electrons. The standard InChI is InChI=1S/C13H22N4O/c1-11(2)3-4-16-5-7-17(8-6-16)13(18)12-9-14-15-10-12/h9-11H,3-8H2,1-2H3,(H,14,15). The lowest BCUT2D eigenvalue weighted by Crippen LogP contribution is -2.48. The van der Waals surface area contributed by atoms with E-state index < -0.39 is 0 Å². The molecule has 5 nitrogen and oxygen atoms in total. The van der Waals surface area contributed by atoms with E-state index in [1.807, 2.05) is 4.90 Å². The van der Waals surface area contributed by atoms with Gasteiger partial charge in [0.05, 0.1) is 11.8 Å². The first-order valence-corrected chi connectivity index (χ1v) is 6.67. The number of hydrogen-bond acceptors (Lipinski definition) is 3. The molecule has 0 unspecified atom stereocenters. The van der Waals surface area contributed by atoms with E-state index in [0.717, 1.165) is 38.6 Å². The first-order valence-electron chi connectivity index (χ1n) is 6.67. The average molecular weight is 250 g/mol. The van der Waals surface area contributed by atoms with E-state index in [1.165, 1.54) is 6.42 Å². The van der Waals surface area contributed by atoms with Crippen molar-refractivity contribution < 1.29 is 4.79 Å². The summed E-state index contributed by atoms with van der Waals surface area (Å²) in [5.74, 6) is 0.836. The average Bonchev–Trinajstić information content (AvgIpc) is 2.90. The molecular formula is C13H22N4O. The minimum Gasteiger partial charge on any atom is -0.336 e. The first-order chi connectivity index (χ1) is 8.66. The molecular weight excluding hydrogens is 228 g/mol. The number of rotatable bonds is 4. The van der Waals surface area contributed by atoms with Crippen molar-refractivity contribution in [2.75, 3.05) is 32.7 Å². The molecule has 0 bridgehead atoms. The monoisotopic (exact) mass is 250 g/mol. The fourth-order valence-corrected chi connectivity index (χ4v) is 2.17. The highest BCUT2D eigenvalue weighted by Crippen LogP contribution is 2.09. The molecule has 0 spiro atoms. The normalized spacial score (nSPS) is 17.4. The van der Waals surface area contributed by atoms with Gasteiger partial charge < -0.3 is 4.90 Å². The molecule has 1 aromatic heterocycles. The molecule has 0 saturated carbocycles. The Balaban J connectivity index is 1.78. The third-order valence-corrected chi connectivity index (χ3v) is 3.43. The summed E-state index contributed by atoms with van der Waals surface area (Å²) in [6.45, 7) is 9.25. The highest BCUT2D eigenvalue weighted by atomic mass is 16.2. The van der Waals surface area contributed by atoms with Crippen LogP contribution >= 0.6 is 0 Å². The molecule has 2 heterocycles. The van der Waals surface area contributed by atoms with Crippen molar-refractivity contribution in [1.82, 2.24) is 20.0 Å².